The quantitative estimate of drug-likeness (QED) is 0.216. The molecule has 0 amide bonds. The number of benzene rings is 2. The third-order valence-corrected chi connectivity index (χ3v) is 7.70. The second-order valence-electron chi connectivity index (χ2n) is 8.66. The number of β-amino-alcohol motifs (C(OH)–C–C–N with tert-alkyl or cyclic N) is 1. The molecule has 1 saturated heterocycles. The van der Waals surface area contributed by atoms with Crippen LogP contribution in [0.25, 0.3) is 0 Å². The second kappa shape index (κ2) is 20.0. The van der Waals surface area contributed by atoms with Gasteiger partial charge in [-0.05, 0) is 48.9 Å². The van der Waals surface area contributed by atoms with Crippen molar-refractivity contribution in [2.24, 2.45) is 0 Å². The van der Waals surface area contributed by atoms with Gasteiger partial charge in [0, 0.05) is 77.9 Å². The standard InChI is InChI=1S/C20H23Cl3N2OS.2C4H4O4/c1-14(25-8-6-24(7-9-25)10-11-26)17-12-15(21)2-5-20(17)27-16-3-4-18(22)19(23)13-16;2*5-3(6)1-2-4(7)8/h2-5,12-14,26H,6-11H2,1H3;2*1-2H,(H,5,6)(H,7,8)/b;2*2-1-. The van der Waals surface area contributed by atoms with E-state index in [-0.39, 0.29) is 12.6 Å². The number of carboxylic acids is 4. The van der Waals surface area contributed by atoms with E-state index in [0.29, 0.717) is 34.3 Å². The highest BCUT2D eigenvalue weighted by molar-refractivity contribution is 7.99. The van der Waals surface area contributed by atoms with Gasteiger partial charge in [0.2, 0.25) is 0 Å². The summed E-state index contributed by atoms with van der Waals surface area (Å²) < 4.78 is 0. The summed E-state index contributed by atoms with van der Waals surface area (Å²) in [7, 11) is 0. The summed E-state index contributed by atoms with van der Waals surface area (Å²) in [4.78, 5) is 45.2. The van der Waals surface area contributed by atoms with Gasteiger partial charge in [-0.1, -0.05) is 46.6 Å². The molecule has 0 bridgehead atoms. The highest BCUT2D eigenvalue weighted by Crippen LogP contribution is 2.38. The molecule has 234 valence electrons. The molecule has 2 aromatic carbocycles. The number of hydrogen-bond acceptors (Lipinski definition) is 8. The van der Waals surface area contributed by atoms with Crippen molar-refractivity contribution in [2.45, 2.75) is 22.8 Å². The lowest BCUT2D eigenvalue weighted by Gasteiger charge is -2.38. The molecule has 2 aromatic rings. The Morgan fingerprint density at radius 3 is 1.74 bits per heavy atom. The maximum atomic E-state index is 9.55. The number of hydrogen-bond donors (Lipinski definition) is 5. The van der Waals surface area contributed by atoms with Crippen LogP contribution in [-0.4, -0.2) is 98.5 Å². The molecule has 1 fully saturated rings. The average molecular weight is 678 g/mol. The minimum absolute atomic E-state index is 0.217. The van der Waals surface area contributed by atoms with Crippen LogP contribution in [0.5, 0.6) is 0 Å². The van der Waals surface area contributed by atoms with Gasteiger partial charge in [-0.25, -0.2) is 19.2 Å². The van der Waals surface area contributed by atoms with Crippen LogP contribution in [-0.2, 0) is 19.2 Å². The van der Waals surface area contributed by atoms with E-state index in [1.807, 2.05) is 24.3 Å². The van der Waals surface area contributed by atoms with E-state index in [2.05, 4.69) is 28.9 Å². The topological polar surface area (TPSA) is 176 Å². The van der Waals surface area contributed by atoms with Crippen molar-refractivity contribution in [1.29, 1.82) is 0 Å². The lowest BCUT2D eigenvalue weighted by atomic mass is 10.1. The van der Waals surface area contributed by atoms with E-state index in [1.165, 1.54) is 10.5 Å². The lowest BCUT2D eigenvalue weighted by Crippen LogP contribution is -2.47. The van der Waals surface area contributed by atoms with Crippen molar-refractivity contribution in [3.63, 3.8) is 0 Å². The zero-order valence-electron chi connectivity index (χ0n) is 22.9. The van der Waals surface area contributed by atoms with E-state index in [0.717, 1.165) is 42.6 Å². The number of aliphatic hydroxyl groups is 1. The molecular formula is C28H31Cl3N2O9S. The molecule has 0 spiro atoms. The van der Waals surface area contributed by atoms with Gasteiger partial charge in [0.1, 0.15) is 0 Å². The van der Waals surface area contributed by atoms with E-state index in [9.17, 15) is 19.2 Å². The highest BCUT2D eigenvalue weighted by atomic mass is 35.5. The Balaban J connectivity index is 0.000000476. The lowest BCUT2D eigenvalue weighted by molar-refractivity contribution is -0.134. The molecule has 0 aromatic heterocycles. The predicted octanol–water partition coefficient (Wildman–Crippen LogP) is 4.89. The summed E-state index contributed by atoms with van der Waals surface area (Å²) in [5.74, 6) is -5.03. The summed E-state index contributed by atoms with van der Waals surface area (Å²) in [6.07, 6.45) is 2.23. The van der Waals surface area contributed by atoms with Crippen molar-refractivity contribution >= 4 is 70.4 Å². The molecule has 11 nitrogen and oxygen atoms in total. The molecule has 5 N–H and O–H groups in total. The third-order valence-electron chi connectivity index (χ3n) is 5.65. The third kappa shape index (κ3) is 15.8. The number of aliphatic carboxylic acids is 4. The van der Waals surface area contributed by atoms with Gasteiger partial charge in [0.25, 0.3) is 0 Å². The number of nitrogens with zero attached hydrogens (tertiary/aromatic N) is 2. The van der Waals surface area contributed by atoms with Crippen molar-refractivity contribution in [3.8, 4) is 0 Å². The molecule has 0 aliphatic carbocycles. The van der Waals surface area contributed by atoms with Gasteiger partial charge in [0.05, 0.1) is 16.7 Å². The van der Waals surface area contributed by atoms with Gasteiger partial charge < -0.3 is 25.5 Å². The van der Waals surface area contributed by atoms with E-state index >= 15 is 0 Å². The van der Waals surface area contributed by atoms with Gasteiger partial charge in [-0.15, -0.1) is 0 Å². The van der Waals surface area contributed by atoms with Crippen LogP contribution in [0.3, 0.4) is 0 Å². The van der Waals surface area contributed by atoms with Crippen molar-refractivity contribution in [1.82, 2.24) is 9.80 Å². The molecule has 1 heterocycles. The average Bonchev–Trinajstić information content (AvgIpc) is 2.94. The first-order chi connectivity index (χ1) is 20.2. The summed E-state index contributed by atoms with van der Waals surface area (Å²) in [6, 6.07) is 12.0. The van der Waals surface area contributed by atoms with Crippen LogP contribution in [0, 0.1) is 0 Å². The zero-order valence-corrected chi connectivity index (χ0v) is 26.0. The fraction of sp³-hybridized carbons (Fsp3) is 0.286. The molecule has 1 atom stereocenters. The highest BCUT2D eigenvalue weighted by Gasteiger charge is 2.24. The van der Waals surface area contributed by atoms with Crippen LogP contribution >= 0.6 is 46.6 Å². The molecule has 1 unspecified atom stereocenters. The van der Waals surface area contributed by atoms with Crippen LogP contribution in [0.4, 0.5) is 0 Å². The van der Waals surface area contributed by atoms with Crippen LogP contribution in [0.15, 0.2) is 70.5 Å². The van der Waals surface area contributed by atoms with Crippen molar-refractivity contribution in [2.75, 3.05) is 39.3 Å². The number of piperazine rings is 1. The predicted molar refractivity (Wildman–Crippen MR) is 164 cm³/mol. The van der Waals surface area contributed by atoms with E-state index in [1.54, 1.807) is 11.8 Å². The molecule has 0 saturated carbocycles. The summed E-state index contributed by atoms with van der Waals surface area (Å²) in [5, 5.41) is 42.2. The zero-order chi connectivity index (χ0) is 32.5. The van der Waals surface area contributed by atoms with Crippen LogP contribution < -0.4 is 0 Å². The van der Waals surface area contributed by atoms with Crippen LogP contribution in [0.1, 0.15) is 18.5 Å². The summed E-state index contributed by atoms with van der Waals surface area (Å²) in [6.45, 7) is 7.09. The largest absolute Gasteiger partial charge is 0.478 e. The Morgan fingerprint density at radius 1 is 0.791 bits per heavy atom. The maximum Gasteiger partial charge on any atom is 0.328 e. The molecule has 43 heavy (non-hydrogen) atoms. The molecule has 3 rings (SSSR count). The van der Waals surface area contributed by atoms with Gasteiger partial charge >= 0.3 is 23.9 Å². The normalized spacial score (nSPS) is 14.3. The number of halogens is 3. The molecule has 1 aliphatic rings. The second-order valence-corrected chi connectivity index (χ2v) is 11.0. The number of carboxylic acid groups (broad SMARTS) is 4. The first-order valence-electron chi connectivity index (χ1n) is 12.5. The Kier molecular flexibility index (Phi) is 17.6. The van der Waals surface area contributed by atoms with Crippen molar-refractivity contribution < 1.29 is 44.7 Å². The van der Waals surface area contributed by atoms with Crippen molar-refractivity contribution in [3.05, 3.63) is 81.3 Å². The fourth-order valence-electron chi connectivity index (χ4n) is 3.60. The minimum Gasteiger partial charge on any atom is -0.478 e. The first-order valence-corrected chi connectivity index (χ1v) is 14.5. The van der Waals surface area contributed by atoms with E-state index in [4.69, 9.17) is 60.3 Å². The summed E-state index contributed by atoms with van der Waals surface area (Å²) >= 11 is 20.2. The van der Waals surface area contributed by atoms with Gasteiger partial charge in [-0.3, -0.25) is 9.80 Å². The maximum absolute atomic E-state index is 9.55. The number of carbonyl (C=O) groups is 4. The Labute approximate surface area is 267 Å². The number of aliphatic hydroxyl groups excluding tert-OH is 1. The SMILES string of the molecule is CC(c1cc(Cl)ccc1Sc1ccc(Cl)c(Cl)c1)N1CCN(CCO)CC1.O=C(O)/C=C\C(=O)O.O=C(O)/C=C\C(=O)O. The molecule has 15 heteroatoms. The summed E-state index contributed by atoms with van der Waals surface area (Å²) in [5.41, 5.74) is 1.22. The van der Waals surface area contributed by atoms with E-state index < -0.39 is 23.9 Å². The molecule has 0 radical (unpaired) electrons. The minimum atomic E-state index is -1.26. The van der Waals surface area contributed by atoms with Gasteiger partial charge in [-0.2, -0.15) is 0 Å². The Morgan fingerprint density at radius 2 is 1.30 bits per heavy atom. The monoisotopic (exact) mass is 676 g/mol. The number of rotatable bonds is 10. The molecule has 1 aliphatic heterocycles. The van der Waals surface area contributed by atoms with Crippen LogP contribution in [0.2, 0.25) is 15.1 Å². The Bertz CT molecular complexity index is 1250. The first kappa shape index (κ1) is 37.9. The molecular weight excluding hydrogens is 647 g/mol. The Hall–Kier alpha value is -3.10. The smallest absolute Gasteiger partial charge is 0.328 e. The fourth-order valence-corrected chi connectivity index (χ4v) is 5.20. The van der Waals surface area contributed by atoms with Gasteiger partial charge in [0.15, 0.2) is 0 Å².